The van der Waals surface area contributed by atoms with Crippen LogP contribution in [0.4, 0.5) is 4.79 Å². The SMILES string of the molecule is CCCCC(=O)OC(=O)NC(C)(C)C. The van der Waals surface area contributed by atoms with Crippen molar-refractivity contribution in [3.05, 3.63) is 0 Å². The van der Waals surface area contributed by atoms with Crippen molar-refractivity contribution in [1.29, 1.82) is 0 Å². The van der Waals surface area contributed by atoms with Gasteiger partial charge in [-0.3, -0.25) is 4.79 Å². The molecule has 0 heterocycles. The lowest BCUT2D eigenvalue weighted by atomic mass is 10.1. The number of hydrogen-bond donors (Lipinski definition) is 1. The van der Waals surface area contributed by atoms with E-state index in [9.17, 15) is 9.59 Å². The number of ether oxygens (including phenoxy) is 1. The number of amides is 1. The standard InChI is InChI=1S/C10H19NO3/c1-5-6-7-8(12)14-9(13)11-10(2,3)4/h5-7H2,1-4H3,(H,11,13). The Balaban J connectivity index is 3.78. The van der Waals surface area contributed by atoms with Crippen LogP contribution in [-0.2, 0) is 9.53 Å². The molecule has 14 heavy (non-hydrogen) atoms. The Labute approximate surface area is 85.0 Å². The van der Waals surface area contributed by atoms with Gasteiger partial charge in [0.25, 0.3) is 0 Å². The van der Waals surface area contributed by atoms with Crippen LogP contribution in [0, 0.1) is 0 Å². The quantitative estimate of drug-likeness (QED) is 0.562. The maximum atomic E-state index is 11.1. The van der Waals surface area contributed by atoms with Gasteiger partial charge in [0.05, 0.1) is 0 Å². The molecule has 0 radical (unpaired) electrons. The summed E-state index contributed by atoms with van der Waals surface area (Å²) in [7, 11) is 0. The second-order valence-corrected chi connectivity index (χ2v) is 4.24. The molecule has 0 aromatic rings. The molecule has 0 aromatic heterocycles. The van der Waals surface area contributed by atoms with Gasteiger partial charge in [0, 0.05) is 12.0 Å². The predicted octanol–water partition coefficient (Wildman–Crippen LogP) is 2.23. The summed E-state index contributed by atoms with van der Waals surface area (Å²) >= 11 is 0. The Bertz CT molecular complexity index is 206. The highest BCUT2D eigenvalue weighted by Crippen LogP contribution is 2.01. The molecule has 0 spiro atoms. The van der Waals surface area contributed by atoms with E-state index in [0.29, 0.717) is 6.42 Å². The molecular weight excluding hydrogens is 182 g/mol. The highest BCUT2D eigenvalue weighted by atomic mass is 16.6. The first-order valence-electron chi connectivity index (χ1n) is 4.88. The summed E-state index contributed by atoms with van der Waals surface area (Å²) in [6.45, 7) is 7.45. The van der Waals surface area contributed by atoms with Crippen LogP contribution in [0.1, 0.15) is 47.0 Å². The van der Waals surface area contributed by atoms with E-state index < -0.39 is 12.1 Å². The molecule has 0 saturated heterocycles. The van der Waals surface area contributed by atoms with Crippen LogP contribution in [0.2, 0.25) is 0 Å². The lowest BCUT2D eigenvalue weighted by Crippen LogP contribution is -2.41. The molecule has 4 nitrogen and oxygen atoms in total. The van der Waals surface area contributed by atoms with Crippen LogP contribution in [0.5, 0.6) is 0 Å². The molecule has 0 aromatic carbocycles. The van der Waals surface area contributed by atoms with Crippen molar-refractivity contribution in [2.75, 3.05) is 0 Å². The monoisotopic (exact) mass is 201 g/mol. The second-order valence-electron chi connectivity index (χ2n) is 4.24. The number of alkyl carbamates (subject to hydrolysis) is 1. The smallest absolute Gasteiger partial charge is 0.376 e. The minimum atomic E-state index is -0.668. The molecule has 0 fully saturated rings. The minimum absolute atomic E-state index is 0.300. The summed E-state index contributed by atoms with van der Waals surface area (Å²) in [6.07, 6.45) is 1.30. The summed E-state index contributed by atoms with van der Waals surface area (Å²) in [5.74, 6) is -0.464. The van der Waals surface area contributed by atoms with Gasteiger partial charge in [0.2, 0.25) is 0 Å². The zero-order valence-corrected chi connectivity index (χ0v) is 9.35. The van der Waals surface area contributed by atoms with Crippen molar-refractivity contribution in [2.24, 2.45) is 0 Å². The fraction of sp³-hybridized carbons (Fsp3) is 0.800. The summed E-state index contributed by atoms with van der Waals surface area (Å²) in [5, 5.41) is 2.54. The number of rotatable bonds is 3. The first-order valence-corrected chi connectivity index (χ1v) is 4.88. The molecule has 0 aliphatic carbocycles. The zero-order valence-electron chi connectivity index (χ0n) is 9.35. The van der Waals surface area contributed by atoms with Gasteiger partial charge in [-0.15, -0.1) is 0 Å². The molecule has 1 N–H and O–H groups in total. The number of carbonyl (C=O) groups excluding carboxylic acids is 2. The Morgan fingerprint density at radius 1 is 1.29 bits per heavy atom. The van der Waals surface area contributed by atoms with Crippen molar-refractivity contribution >= 4 is 12.1 Å². The molecule has 4 heteroatoms. The van der Waals surface area contributed by atoms with Gasteiger partial charge >= 0.3 is 12.1 Å². The van der Waals surface area contributed by atoms with E-state index in [1.165, 1.54) is 0 Å². The normalized spacial score (nSPS) is 10.9. The molecule has 0 rings (SSSR count). The van der Waals surface area contributed by atoms with Crippen molar-refractivity contribution in [3.63, 3.8) is 0 Å². The van der Waals surface area contributed by atoms with E-state index in [4.69, 9.17) is 0 Å². The maximum Gasteiger partial charge on any atom is 0.415 e. The zero-order chi connectivity index (χ0) is 11.2. The van der Waals surface area contributed by atoms with Crippen LogP contribution >= 0.6 is 0 Å². The average molecular weight is 201 g/mol. The van der Waals surface area contributed by atoms with Gasteiger partial charge in [-0.25, -0.2) is 4.79 Å². The van der Waals surface area contributed by atoms with E-state index in [-0.39, 0.29) is 5.54 Å². The third-order valence-corrected chi connectivity index (χ3v) is 1.42. The molecule has 0 aliphatic heterocycles. The third-order valence-electron chi connectivity index (χ3n) is 1.42. The predicted molar refractivity (Wildman–Crippen MR) is 53.9 cm³/mol. The number of hydrogen-bond acceptors (Lipinski definition) is 3. The van der Waals surface area contributed by atoms with Crippen LogP contribution in [0.25, 0.3) is 0 Å². The van der Waals surface area contributed by atoms with Crippen LogP contribution < -0.4 is 5.32 Å². The molecular formula is C10H19NO3. The highest BCUT2D eigenvalue weighted by molar-refractivity contribution is 5.84. The molecule has 0 bridgehead atoms. The van der Waals surface area contributed by atoms with E-state index in [0.717, 1.165) is 12.8 Å². The van der Waals surface area contributed by atoms with Crippen molar-refractivity contribution in [1.82, 2.24) is 5.32 Å². The van der Waals surface area contributed by atoms with Crippen molar-refractivity contribution < 1.29 is 14.3 Å². The highest BCUT2D eigenvalue weighted by Gasteiger charge is 2.16. The lowest BCUT2D eigenvalue weighted by molar-refractivity contribution is -0.137. The van der Waals surface area contributed by atoms with Crippen LogP contribution in [0.3, 0.4) is 0 Å². The third kappa shape index (κ3) is 7.58. The van der Waals surface area contributed by atoms with E-state index in [1.54, 1.807) is 0 Å². The first kappa shape index (κ1) is 12.9. The Hall–Kier alpha value is -1.06. The average Bonchev–Trinajstić information content (AvgIpc) is 1.96. The molecule has 0 saturated carbocycles. The number of nitrogens with one attached hydrogen (secondary N) is 1. The lowest BCUT2D eigenvalue weighted by Gasteiger charge is -2.19. The maximum absolute atomic E-state index is 11.1. The second kappa shape index (κ2) is 5.62. The van der Waals surface area contributed by atoms with E-state index in [2.05, 4.69) is 10.1 Å². The molecule has 0 unspecified atom stereocenters. The fourth-order valence-corrected chi connectivity index (χ4v) is 0.807. The molecule has 82 valence electrons. The molecule has 1 amide bonds. The van der Waals surface area contributed by atoms with Gasteiger partial charge in [0.1, 0.15) is 0 Å². The van der Waals surface area contributed by atoms with Gasteiger partial charge in [-0.1, -0.05) is 13.3 Å². The van der Waals surface area contributed by atoms with Crippen molar-refractivity contribution in [2.45, 2.75) is 52.5 Å². The fourth-order valence-electron chi connectivity index (χ4n) is 0.807. The van der Waals surface area contributed by atoms with Gasteiger partial charge in [-0.2, -0.15) is 0 Å². The summed E-state index contributed by atoms with van der Waals surface area (Å²) in [5.41, 5.74) is -0.373. The molecule has 0 aliphatic rings. The van der Waals surface area contributed by atoms with Crippen LogP contribution in [0.15, 0.2) is 0 Å². The Kier molecular flexibility index (Phi) is 5.20. The number of unbranched alkanes of at least 4 members (excludes halogenated alkanes) is 1. The summed E-state index contributed by atoms with van der Waals surface area (Å²) < 4.78 is 4.54. The van der Waals surface area contributed by atoms with Gasteiger partial charge in [0.15, 0.2) is 0 Å². The van der Waals surface area contributed by atoms with E-state index in [1.807, 2.05) is 27.7 Å². The van der Waals surface area contributed by atoms with Crippen LogP contribution in [-0.4, -0.2) is 17.6 Å². The first-order chi connectivity index (χ1) is 6.35. The Morgan fingerprint density at radius 3 is 2.29 bits per heavy atom. The van der Waals surface area contributed by atoms with Crippen molar-refractivity contribution in [3.8, 4) is 0 Å². The molecule has 0 atom stereocenters. The topological polar surface area (TPSA) is 55.4 Å². The Morgan fingerprint density at radius 2 is 1.86 bits per heavy atom. The number of esters is 1. The summed E-state index contributed by atoms with van der Waals surface area (Å²) in [4.78, 5) is 22.1. The van der Waals surface area contributed by atoms with E-state index >= 15 is 0 Å². The minimum Gasteiger partial charge on any atom is -0.376 e. The summed E-state index contributed by atoms with van der Waals surface area (Å²) in [6, 6.07) is 0. The largest absolute Gasteiger partial charge is 0.415 e. The van der Waals surface area contributed by atoms with Gasteiger partial charge < -0.3 is 10.1 Å². The van der Waals surface area contributed by atoms with Gasteiger partial charge in [-0.05, 0) is 27.2 Å². The number of carbonyl (C=O) groups is 2.